The van der Waals surface area contributed by atoms with Crippen molar-refractivity contribution in [2.75, 3.05) is 20.6 Å². The summed E-state index contributed by atoms with van der Waals surface area (Å²) in [4.78, 5) is 14.1. The zero-order valence-electron chi connectivity index (χ0n) is 12.7. The smallest absolute Gasteiger partial charge is 0.350 e. The van der Waals surface area contributed by atoms with Crippen LogP contribution in [-0.2, 0) is 6.18 Å². The molecule has 7 heteroatoms. The van der Waals surface area contributed by atoms with Crippen LogP contribution in [0.1, 0.15) is 27.5 Å². The number of amides is 1. The van der Waals surface area contributed by atoms with E-state index in [1.807, 2.05) is 35.8 Å². The molecule has 0 radical (unpaired) electrons. The maximum atomic E-state index is 12.5. The molecule has 1 atom stereocenters. The van der Waals surface area contributed by atoms with Crippen LogP contribution in [0.2, 0.25) is 0 Å². The molecule has 1 N–H and O–H groups in total. The highest BCUT2D eigenvalue weighted by Gasteiger charge is 2.30. The van der Waals surface area contributed by atoms with Gasteiger partial charge in [0.1, 0.15) is 0 Å². The van der Waals surface area contributed by atoms with Gasteiger partial charge in [-0.3, -0.25) is 4.79 Å². The molecular weight excluding hydrogens is 325 g/mol. The van der Waals surface area contributed by atoms with Crippen LogP contribution in [0.15, 0.2) is 41.1 Å². The second-order valence-corrected chi connectivity index (χ2v) is 6.10. The third-order valence-electron chi connectivity index (χ3n) is 3.48. The lowest BCUT2D eigenvalue weighted by atomic mass is 10.1. The number of hydrogen-bond acceptors (Lipinski definition) is 3. The van der Waals surface area contributed by atoms with E-state index in [0.29, 0.717) is 6.54 Å². The van der Waals surface area contributed by atoms with E-state index < -0.39 is 11.7 Å². The normalized spacial score (nSPS) is 13.1. The lowest BCUT2D eigenvalue weighted by molar-refractivity contribution is -0.137. The molecule has 1 unspecified atom stereocenters. The molecule has 0 aliphatic carbocycles. The second kappa shape index (κ2) is 7.14. The molecule has 1 amide bonds. The number of nitrogens with zero attached hydrogens (tertiary/aromatic N) is 1. The summed E-state index contributed by atoms with van der Waals surface area (Å²) in [5, 5.41) is 6.74. The predicted octanol–water partition coefficient (Wildman–Crippen LogP) is 3.80. The monoisotopic (exact) mass is 342 g/mol. The zero-order chi connectivity index (χ0) is 17.0. The fourth-order valence-corrected chi connectivity index (χ4v) is 2.87. The van der Waals surface area contributed by atoms with Crippen molar-refractivity contribution in [3.05, 3.63) is 57.8 Å². The minimum absolute atomic E-state index is 0.0136. The van der Waals surface area contributed by atoms with Gasteiger partial charge in [-0.25, -0.2) is 0 Å². The minimum Gasteiger partial charge on any atom is -0.350 e. The van der Waals surface area contributed by atoms with Gasteiger partial charge in [-0.05, 0) is 60.8 Å². The summed E-state index contributed by atoms with van der Waals surface area (Å²) in [7, 11) is 3.82. The van der Waals surface area contributed by atoms with Crippen molar-refractivity contribution in [1.29, 1.82) is 0 Å². The van der Waals surface area contributed by atoms with Crippen LogP contribution in [-0.4, -0.2) is 31.4 Å². The highest BCUT2D eigenvalue weighted by atomic mass is 32.1. The van der Waals surface area contributed by atoms with E-state index in [1.54, 1.807) is 11.3 Å². The number of halogens is 3. The largest absolute Gasteiger partial charge is 0.416 e. The summed E-state index contributed by atoms with van der Waals surface area (Å²) in [6, 6.07) is 6.20. The molecule has 0 fully saturated rings. The molecule has 0 bridgehead atoms. The Morgan fingerprint density at radius 2 is 1.87 bits per heavy atom. The number of alkyl halides is 3. The maximum Gasteiger partial charge on any atom is 0.416 e. The number of nitrogens with one attached hydrogen (secondary N) is 1. The molecular formula is C16H17F3N2OS. The maximum absolute atomic E-state index is 12.5. The van der Waals surface area contributed by atoms with E-state index in [4.69, 9.17) is 0 Å². The van der Waals surface area contributed by atoms with Gasteiger partial charge in [0.2, 0.25) is 0 Å². The van der Waals surface area contributed by atoms with Crippen LogP contribution < -0.4 is 5.32 Å². The molecule has 0 spiro atoms. The van der Waals surface area contributed by atoms with Crippen molar-refractivity contribution in [3.63, 3.8) is 0 Å². The summed E-state index contributed by atoms with van der Waals surface area (Å²) in [5.74, 6) is -0.388. The Labute approximate surface area is 136 Å². The van der Waals surface area contributed by atoms with E-state index in [2.05, 4.69) is 5.32 Å². The van der Waals surface area contributed by atoms with Crippen molar-refractivity contribution >= 4 is 17.2 Å². The van der Waals surface area contributed by atoms with Gasteiger partial charge in [-0.2, -0.15) is 24.5 Å². The number of benzene rings is 1. The van der Waals surface area contributed by atoms with E-state index in [-0.39, 0.29) is 17.5 Å². The van der Waals surface area contributed by atoms with E-state index in [9.17, 15) is 18.0 Å². The quantitative estimate of drug-likeness (QED) is 0.896. The third kappa shape index (κ3) is 4.56. The van der Waals surface area contributed by atoms with E-state index in [1.165, 1.54) is 12.1 Å². The van der Waals surface area contributed by atoms with Gasteiger partial charge < -0.3 is 10.2 Å². The first kappa shape index (κ1) is 17.5. The zero-order valence-corrected chi connectivity index (χ0v) is 13.5. The second-order valence-electron chi connectivity index (χ2n) is 5.32. The predicted molar refractivity (Wildman–Crippen MR) is 84.5 cm³/mol. The van der Waals surface area contributed by atoms with Gasteiger partial charge in [-0.15, -0.1) is 0 Å². The third-order valence-corrected chi connectivity index (χ3v) is 4.18. The van der Waals surface area contributed by atoms with E-state index in [0.717, 1.165) is 17.7 Å². The Kier molecular flexibility index (Phi) is 5.43. The Balaban J connectivity index is 2.01. The van der Waals surface area contributed by atoms with Crippen molar-refractivity contribution < 1.29 is 18.0 Å². The Hall–Kier alpha value is -1.86. The standard InChI is InChI=1S/C16H17F3N2OS/c1-21(2)14(12-7-8-23-10-12)9-20-15(22)11-3-5-13(6-4-11)16(17,18)19/h3-8,10,14H,9H2,1-2H3,(H,20,22). The Morgan fingerprint density at radius 3 is 2.35 bits per heavy atom. The van der Waals surface area contributed by atoms with Crippen LogP contribution in [0.25, 0.3) is 0 Å². The van der Waals surface area contributed by atoms with Crippen LogP contribution in [0, 0.1) is 0 Å². The highest BCUT2D eigenvalue weighted by Crippen LogP contribution is 2.29. The summed E-state index contributed by atoms with van der Waals surface area (Å²) < 4.78 is 37.5. The van der Waals surface area contributed by atoms with Gasteiger partial charge in [-0.1, -0.05) is 0 Å². The SMILES string of the molecule is CN(C)C(CNC(=O)c1ccc(C(F)(F)F)cc1)c1ccsc1. The van der Waals surface area contributed by atoms with Crippen LogP contribution in [0.4, 0.5) is 13.2 Å². The summed E-state index contributed by atoms with van der Waals surface area (Å²) in [5.41, 5.74) is 0.534. The molecule has 0 saturated carbocycles. The van der Waals surface area contributed by atoms with Crippen LogP contribution in [0.5, 0.6) is 0 Å². The highest BCUT2D eigenvalue weighted by molar-refractivity contribution is 7.07. The lowest BCUT2D eigenvalue weighted by Gasteiger charge is -2.24. The molecule has 1 aromatic heterocycles. The molecule has 2 aromatic rings. The number of likely N-dealkylation sites (N-methyl/N-ethyl adjacent to an activating group) is 1. The molecule has 2 rings (SSSR count). The molecule has 1 heterocycles. The van der Waals surface area contributed by atoms with Crippen molar-refractivity contribution in [2.24, 2.45) is 0 Å². The summed E-state index contributed by atoms with van der Waals surface area (Å²) >= 11 is 1.57. The molecule has 3 nitrogen and oxygen atoms in total. The van der Waals surface area contributed by atoms with Crippen LogP contribution >= 0.6 is 11.3 Å². The number of rotatable bonds is 5. The molecule has 0 saturated heterocycles. The first-order chi connectivity index (χ1) is 10.8. The number of hydrogen-bond donors (Lipinski definition) is 1. The van der Waals surface area contributed by atoms with E-state index >= 15 is 0 Å². The Morgan fingerprint density at radius 1 is 1.22 bits per heavy atom. The van der Waals surface area contributed by atoms with Crippen LogP contribution in [0.3, 0.4) is 0 Å². The van der Waals surface area contributed by atoms with Crippen molar-refractivity contribution in [1.82, 2.24) is 10.2 Å². The van der Waals surface area contributed by atoms with Gasteiger partial charge in [0.15, 0.2) is 0 Å². The molecule has 124 valence electrons. The average Bonchev–Trinajstić information content (AvgIpc) is 3.00. The van der Waals surface area contributed by atoms with Crippen molar-refractivity contribution in [2.45, 2.75) is 12.2 Å². The number of carbonyl (C=O) groups is 1. The molecule has 0 aliphatic heterocycles. The first-order valence-electron chi connectivity index (χ1n) is 6.93. The molecule has 0 aliphatic rings. The topological polar surface area (TPSA) is 32.3 Å². The summed E-state index contributed by atoms with van der Waals surface area (Å²) in [6.45, 7) is 0.379. The fraction of sp³-hybridized carbons (Fsp3) is 0.312. The average molecular weight is 342 g/mol. The van der Waals surface area contributed by atoms with Gasteiger partial charge in [0.25, 0.3) is 5.91 Å². The number of carbonyl (C=O) groups excluding carboxylic acids is 1. The minimum atomic E-state index is -4.40. The van der Waals surface area contributed by atoms with Gasteiger partial charge in [0.05, 0.1) is 11.6 Å². The molecule has 23 heavy (non-hydrogen) atoms. The summed E-state index contributed by atoms with van der Waals surface area (Å²) in [6.07, 6.45) is -4.40. The fourth-order valence-electron chi connectivity index (χ4n) is 2.17. The number of thiophene rings is 1. The van der Waals surface area contributed by atoms with Crippen molar-refractivity contribution in [3.8, 4) is 0 Å². The Bertz CT molecular complexity index is 636. The lowest BCUT2D eigenvalue weighted by Crippen LogP contribution is -2.34. The van der Waals surface area contributed by atoms with Gasteiger partial charge >= 0.3 is 6.18 Å². The molecule has 1 aromatic carbocycles. The van der Waals surface area contributed by atoms with Gasteiger partial charge in [0, 0.05) is 12.1 Å². The first-order valence-corrected chi connectivity index (χ1v) is 7.87.